The smallest absolute Gasteiger partial charge is 0.321 e. The van der Waals surface area contributed by atoms with E-state index in [4.69, 9.17) is 4.74 Å². The summed E-state index contributed by atoms with van der Waals surface area (Å²) in [6.45, 7) is 4.95. The second kappa shape index (κ2) is 14.3. The highest BCUT2D eigenvalue weighted by Crippen LogP contribution is 2.31. The summed E-state index contributed by atoms with van der Waals surface area (Å²) in [6, 6.07) is 18.0. The van der Waals surface area contributed by atoms with Gasteiger partial charge >= 0.3 is 6.03 Å². The lowest BCUT2D eigenvalue weighted by molar-refractivity contribution is -0.116. The molecule has 3 atom stereocenters. The Kier molecular flexibility index (Phi) is 10.6. The van der Waals surface area contributed by atoms with Gasteiger partial charge in [0.05, 0.1) is 30.4 Å². The molecule has 1 heterocycles. The van der Waals surface area contributed by atoms with Crippen molar-refractivity contribution in [3.05, 3.63) is 66.2 Å². The third kappa shape index (κ3) is 8.03. The fraction of sp³-hybridized carbons (Fsp3) is 0.424. The van der Waals surface area contributed by atoms with Crippen molar-refractivity contribution >= 4 is 40.0 Å². The predicted molar refractivity (Wildman–Crippen MR) is 170 cm³/mol. The minimum absolute atomic E-state index is 0.132. The molecule has 0 unspecified atom stereocenters. The number of nitrogens with one attached hydrogen (secondary N) is 2. The SMILES string of the molecule is C[C@H]1CN([C@@H](C)CO)C(=O)c2cc(NC(=O)CCCN(C)C)ccc2O[C@H]1CN(C)C(=O)Nc1cccc2ccccc12. The van der Waals surface area contributed by atoms with Crippen molar-refractivity contribution < 1.29 is 24.2 Å². The van der Waals surface area contributed by atoms with Gasteiger partial charge in [-0.05, 0) is 63.6 Å². The monoisotopic (exact) mass is 589 g/mol. The Morgan fingerprint density at radius 2 is 1.81 bits per heavy atom. The summed E-state index contributed by atoms with van der Waals surface area (Å²) < 4.78 is 6.42. The van der Waals surface area contributed by atoms with Crippen LogP contribution in [0.4, 0.5) is 16.2 Å². The highest BCUT2D eigenvalue weighted by Gasteiger charge is 2.34. The van der Waals surface area contributed by atoms with Gasteiger partial charge in [0.1, 0.15) is 11.9 Å². The van der Waals surface area contributed by atoms with Gasteiger partial charge in [-0.2, -0.15) is 0 Å². The van der Waals surface area contributed by atoms with Crippen LogP contribution in [0.2, 0.25) is 0 Å². The minimum atomic E-state index is -0.449. The molecule has 0 saturated carbocycles. The van der Waals surface area contributed by atoms with Crippen LogP contribution in [0.5, 0.6) is 5.75 Å². The van der Waals surface area contributed by atoms with E-state index in [-0.39, 0.29) is 36.9 Å². The van der Waals surface area contributed by atoms with Gasteiger partial charge < -0.3 is 35.2 Å². The average molecular weight is 590 g/mol. The van der Waals surface area contributed by atoms with Crippen LogP contribution in [0.3, 0.4) is 0 Å². The molecular formula is C33H43N5O5. The number of amides is 4. The fourth-order valence-electron chi connectivity index (χ4n) is 5.20. The number of benzene rings is 3. The molecule has 10 nitrogen and oxygen atoms in total. The number of aliphatic hydroxyl groups excluding tert-OH is 1. The number of likely N-dealkylation sites (N-methyl/N-ethyl adjacent to an activating group) is 1. The Labute approximate surface area is 253 Å². The number of carbonyl (C=O) groups excluding carboxylic acids is 3. The standard InChI is InChI=1S/C33H43N5O5/c1-22-19-38(23(2)21-39)32(41)27-18-25(34-31(40)14-9-17-36(3)4)15-16-29(27)43-30(22)20-37(5)33(42)35-28-13-8-11-24-10-6-7-12-26(24)28/h6-8,10-13,15-16,18,22-23,30,39H,9,14,17,19-21H2,1-5H3,(H,34,40)(H,35,42)/t22-,23-,30-/m0/s1. The van der Waals surface area contributed by atoms with Crippen LogP contribution in [0, 0.1) is 5.92 Å². The largest absolute Gasteiger partial charge is 0.487 e. The normalized spacial score (nSPS) is 17.5. The number of urea groups is 1. The first-order valence-electron chi connectivity index (χ1n) is 14.7. The molecule has 0 saturated heterocycles. The molecule has 4 amide bonds. The lowest BCUT2D eigenvalue weighted by Gasteiger charge is -2.38. The number of aliphatic hydroxyl groups is 1. The maximum absolute atomic E-state index is 13.7. The molecule has 3 aromatic carbocycles. The summed E-state index contributed by atoms with van der Waals surface area (Å²) in [7, 11) is 5.63. The van der Waals surface area contributed by atoms with Gasteiger partial charge in [-0.15, -0.1) is 0 Å². The zero-order chi connectivity index (χ0) is 31.1. The molecular weight excluding hydrogens is 546 g/mol. The molecule has 3 aromatic rings. The maximum atomic E-state index is 13.7. The zero-order valence-corrected chi connectivity index (χ0v) is 25.7. The molecule has 0 fully saturated rings. The summed E-state index contributed by atoms with van der Waals surface area (Å²) in [5.41, 5.74) is 1.52. The first kappa shape index (κ1) is 31.8. The van der Waals surface area contributed by atoms with Crippen molar-refractivity contribution in [1.82, 2.24) is 14.7 Å². The van der Waals surface area contributed by atoms with Crippen LogP contribution in [-0.4, -0.2) is 97.2 Å². The van der Waals surface area contributed by atoms with Gasteiger partial charge in [0.15, 0.2) is 0 Å². The molecule has 230 valence electrons. The molecule has 1 aliphatic heterocycles. The Morgan fingerprint density at radius 1 is 1.07 bits per heavy atom. The third-order valence-electron chi connectivity index (χ3n) is 7.79. The lowest BCUT2D eigenvalue weighted by atomic mass is 9.99. The highest BCUT2D eigenvalue weighted by atomic mass is 16.5. The predicted octanol–water partition coefficient (Wildman–Crippen LogP) is 4.50. The number of ether oxygens (including phenoxy) is 1. The Bertz CT molecular complexity index is 1440. The first-order chi connectivity index (χ1) is 20.6. The van der Waals surface area contributed by atoms with Crippen molar-refractivity contribution in [3.8, 4) is 5.75 Å². The van der Waals surface area contributed by atoms with E-state index in [2.05, 4.69) is 10.6 Å². The number of hydrogen-bond acceptors (Lipinski definition) is 6. The van der Waals surface area contributed by atoms with Crippen molar-refractivity contribution in [2.24, 2.45) is 5.92 Å². The lowest BCUT2D eigenvalue weighted by Crippen LogP contribution is -2.50. The van der Waals surface area contributed by atoms with Gasteiger partial charge in [0.2, 0.25) is 5.91 Å². The molecule has 0 aromatic heterocycles. The van der Waals surface area contributed by atoms with Gasteiger partial charge in [0, 0.05) is 37.0 Å². The topological polar surface area (TPSA) is 114 Å². The van der Waals surface area contributed by atoms with E-state index in [0.717, 1.165) is 29.4 Å². The summed E-state index contributed by atoms with van der Waals surface area (Å²) in [6.07, 6.45) is 0.629. The van der Waals surface area contributed by atoms with E-state index in [1.54, 1.807) is 42.0 Å². The third-order valence-corrected chi connectivity index (χ3v) is 7.79. The quantitative estimate of drug-likeness (QED) is 0.321. The van der Waals surface area contributed by atoms with Gasteiger partial charge in [-0.1, -0.05) is 43.3 Å². The zero-order valence-electron chi connectivity index (χ0n) is 25.7. The van der Waals surface area contributed by atoms with Crippen molar-refractivity contribution in [3.63, 3.8) is 0 Å². The number of nitrogens with zero attached hydrogens (tertiary/aromatic N) is 3. The average Bonchev–Trinajstić information content (AvgIpc) is 2.98. The van der Waals surface area contributed by atoms with E-state index in [1.165, 1.54) is 0 Å². The molecule has 10 heteroatoms. The van der Waals surface area contributed by atoms with Crippen LogP contribution in [0.25, 0.3) is 10.8 Å². The van der Waals surface area contributed by atoms with Gasteiger partial charge in [0.25, 0.3) is 5.91 Å². The van der Waals surface area contributed by atoms with Gasteiger partial charge in [-0.3, -0.25) is 9.59 Å². The maximum Gasteiger partial charge on any atom is 0.321 e. The number of rotatable bonds is 10. The number of anilines is 2. The Balaban J connectivity index is 1.54. The second-order valence-corrected chi connectivity index (χ2v) is 11.6. The van der Waals surface area contributed by atoms with E-state index in [0.29, 0.717) is 30.0 Å². The number of fused-ring (bicyclic) bond motifs is 2. The van der Waals surface area contributed by atoms with E-state index in [9.17, 15) is 19.5 Å². The van der Waals surface area contributed by atoms with E-state index >= 15 is 0 Å². The number of hydrogen-bond donors (Lipinski definition) is 3. The molecule has 3 N–H and O–H groups in total. The molecule has 4 rings (SSSR count). The molecule has 0 radical (unpaired) electrons. The summed E-state index contributed by atoms with van der Waals surface area (Å²) in [5.74, 6) is -0.209. The van der Waals surface area contributed by atoms with Crippen LogP contribution >= 0.6 is 0 Å². The Hall–Kier alpha value is -4.15. The van der Waals surface area contributed by atoms with E-state index < -0.39 is 12.1 Å². The Morgan fingerprint density at radius 3 is 2.56 bits per heavy atom. The van der Waals surface area contributed by atoms with Crippen molar-refractivity contribution in [1.29, 1.82) is 0 Å². The fourth-order valence-corrected chi connectivity index (χ4v) is 5.20. The highest BCUT2D eigenvalue weighted by molar-refractivity contribution is 6.02. The van der Waals surface area contributed by atoms with Crippen LogP contribution in [-0.2, 0) is 4.79 Å². The second-order valence-electron chi connectivity index (χ2n) is 11.6. The van der Waals surface area contributed by atoms with Gasteiger partial charge in [-0.25, -0.2) is 4.79 Å². The summed E-state index contributed by atoms with van der Waals surface area (Å²) in [4.78, 5) is 44.8. The van der Waals surface area contributed by atoms with Crippen molar-refractivity contribution in [2.75, 3.05) is 58.0 Å². The molecule has 0 spiro atoms. The summed E-state index contributed by atoms with van der Waals surface area (Å²) >= 11 is 0. The van der Waals surface area contributed by atoms with Crippen LogP contribution in [0.15, 0.2) is 60.7 Å². The van der Waals surface area contributed by atoms with Crippen molar-refractivity contribution in [2.45, 2.75) is 38.8 Å². The summed E-state index contributed by atoms with van der Waals surface area (Å²) in [5, 5.41) is 17.8. The van der Waals surface area contributed by atoms with Crippen LogP contribution in [0.1, 0.15) is 37.0 Å². The molecule has 43 heavy (non-hydrogen) atoms. The first-order valence-corrected chi connectivity index (χ1v) is 14.7. The van der Waals surface area contributed by atoms with Crippen LogP contribution < -0.4 is 15.4 Å². The molecule has 0 bridgehead atoms. The minimum Gasteiger partial charge on any atom is -0.487 e. The molecule has 1 aliphatic rings. The van der Waals surface area contributed by atoms with E-state index in [1.807, 2.05) is 68.4 Å². The molecule has 0 aliphatic carbocycles. The number of carbonyl (C=O) groups is 3.